The van der Waals surface area contributed by atoms with Crippen molar-refractivity contribution in [3.63, 3.8) is 0 Å². The molecular formula is C13H25N3O6. The standard InChI is InChI=1S/C13H25N3O6/c1-6(2)4-9(15-11(19)8(14)5-17)12(20)16-10(7(3)18)13(21)22/h6-10,17-18H,4-5,14H2,1-3H3,(H,15,19)(H,16,20)(H,21,22). The van der Waals surface area contributed by atoms with E-state index in [2.05, 4.69) is 10.6 Å². The maximum Gasteiger partial charge on any atom is 0.328 e. The topological polar surface area (TPSA) is 162 Å². The summed E-state index contributed by atoms with van der Waals surface area (Å²) < 4.78 is 0. The molecule has 4 unspecified atom stereocenters. The van der Waals surface area contributed by atoms with Gasteiger partial charge in [-0.1, -0.05) is 13.8 Å². The lowest BCUT2D eigenvalue weighted by atomic mass is 10.0. The number of nitrogens with one attached hydrogen (secondary N) is 2. The van der Waals surface area contributed by atoms with E-state index in [1.165, 1.54) is 6.92 Å². The highest BCUT2D eigenvalue weighted by Gasteiger charge is 2.30. The van der Waals surface area contributed by atoms with Gasteiger partial charge in [0.15, 0.2) is 6.04 Å². The highest BCUT2D eigenvalue weighted by Crippen LogP contribution is 2.06. The fourth-order valence-electron chi connectivity index (χ4n) is 1.71. The Hall–Kier alpha value is -1.71. The van der Waals surface area contributed by atoms with Gasteiger partial charge in [0.05, 0.1) is 12.7 Å². The van der Waals surface area contributed by atoms with Crippen LogP contribution in [-0.2, 0) is 14.4 Å². The van der Waals surface area contributed by atoms with Crippen molar-refractivity contribution in [2.45, 2.75) is 51.4 Å². The molecule has 9 nitrogen and oxygen atoms in total. The molecule has 0 aromatic rings. The number of carboxylic acid groups (broad SMARTS) is 1. The third-order valence-corrected chi connectivity index (χ3v) is 2.92. The molecule has 0 saturated carbocycles. The molecular weight excluding hydrogens is 294 g/mol. The van der Waals surface area contributed by atoms with Crippen LogP contribution in [0.2, 0.25) is 0 Å². The molecule has 0 aliphatic carbocycles. The summed E-state index contributed by atoms with van der Waals surface area (Å²) in [5, 5.41) is 31.7. The van der Waals surface area contributed by atoms with Crippen molar-refractivity contribution in [3.05, 3.63) is 0 Å². The number of aliphatic hydroxyl groups is 2. The van der Waals surface area contributed by atoms with Crippen LogP contribution in [0.4, 0.5) is 0 Å². The Balaban J connectivity index is 4.98. The minimum Gasteiger partial charge on any atom is -0.480 e. The minimum absolute atomic E-state index is 0.0382. The fourth-order valence-corrected chi connectivity index (χ4v) is 1.71. The highest BCUT2D eigenvalue weighted by atomic mass is 16.4. The molecule has 0 spiro atoms. The van der Waals surface area contributed by atoms with Gasteiger partial charge in [-0.05, 0) is 19.3 Å². The molecule has 0 fully saturated rings. The summed E-state index contributed by atoms with van der Waals surface area (Å²) in [6.45, 7) is 4.30. The molecule has 0 saturated heterocycles. The third-order valence-electron chi connectivity index (χ3n) is 2.92. The van der Waals surface area contributed by atoms with E-state index in [-0.39, 0.29) is 12.3 Å². The highest BCUT2D eigenvalue weighted by molar-refractivity contribution is 5.91. The van der Waals surface area contributed by atoms with Crippen LogP contribution in [0.1, 0.15) is 27.2 Å². The van der Waals surface area contributed by atoms with E-state index in [0.29, 0.717) is 0 Å². The van der Waals surface area contributed by atoms with Crippen LogP contribution in [0.15, 0.2) is 0 Å². The van der Waals surface area contributed by atoms with Gasteiger partial charge in [-0.15, -0.1) is 0 Å². The zero-order valence-electron chi connectivity index (χ0n) is 12.9. The van der Waals surface area contributed by atoms with Crippen LogP contribution < -0.4 is 16.4 Å². The van der Waals surface area contributed by atoms with Crippen molar-refractivity contribution in [1.82, 2.24) is 10.6 Å². The largest absolute Gasteiger partial charge is 0.480 e. The van der Waals surface area contributed by atoms with Gasteiger partial charge < -0.3 is 31.7 Å². The Labute approximate surface area is 128 Å². The van der Waals surface area contributed by atoms with Crippen LogP contribution in [0, 0.1) is 5.92 Å². The Morgan fingerprint density at radius 3 is 2.00 bits per heavy atom. The molecule has 4 atom stereocenters. The molecule has 7 N–H and O–H groups in total. The molecule has 9 heteroatoms. The number of nitrogens with two attached hydrogens (primary N) is 1. The van der Waals surface area contributed by atoms with Crippen molar-refractivity contribution < 1.29 is 29.7 Å². The SMILES string of the molecule is CC(C)CC(NC(=O)C(N)CO)C(=O)NC(C(=O)O)C(C)O. The molecule has 0 aliphatic heterocycles. The van der Waals surface area contributed by atoms with Gasteiger partial charge in [-0.2, -0.15) is 0 Å². The Morgan fingerprint density at radius 1 is 1.09 bits per heavy atom. The minimum atomic E-state index is -1.48. The summed E-state index contributed by atoms with van der Waals surface area (Å²) in [4.78, 5) is 34.8. The molecule has 0 bridgehead atoms. The quantitative estimate of drug-likeness (QED) is 0.280. The average Bonchev–Trinajstić information content (AvgIpc) is 2.41. The molecule has 2 amide bonds. The van der Waals surface area contributed by atoms with Gasteiger partial charge >= 0.3 is 5.97 Å². The normalized spacial score (nSPS) is 16.5. The second kappa shape index (κ2) is 9.34. The Bertz CT molecular complexity index is 399. The van der Waals surface area contributed by atoms with E-state index >= 15 is 0 Å². The van der Waals surface area contributed by atoms with Crippen LogP contribution in [-0.4, -0.2) is 63.9 Å². The molecule has 128 valence electrons. The lowest BCUT2D eigenvalue weighted by molar-refractivity contribution is -0.145. The van der Waals surface area contributed by atoms with Gasteiger partial charge in [0.2, 0.25) is 11.8 Å². The maximum atomic E-state index is 12.1. The predicted molar refractivity (Wildman–Crippen MR) is 77.7 cm³/mol. The third kappa shape index (κ3) is 6.83. The molecule has 0 heterocycles. The van der Waals surface area contributed by atoms with E-state index in [1.54, 1.807) is 0 Å². The number of carbonyl (C=O) groups excluding carboxylic acids is 2. The number of hydrogen-bond acceptors (Lipinski definition) is 6. The van der Waals surface area contributed by atoms with Gasteiger partial charge in [0.25, 0.3) is 0 Å². The number of amides is 2. The van der Waals surface area contributed by atoms with Crippen LogP contribution in [0.5, 0.6) is 0 Å². The first kappa shape index (κ1) is 20.3. The number of hydrogen-bond donors (Lipinski definition) is 6. The second-order valence-corrected chi connectivity index (χ2v) is 5.54. The van der Waals surface area contributed by atoms with Crippen LogP contribution in [0.3, 0.4) is 0 Å². The summed E-state index contributed by atoms with van der Waals surface area (Å²) in [6, 6.07) is -3.66. The zero-order valence-corrected chi connectivity index (χ0v) is 12.9. The average molecular weight is 319 g/mol. The summed E-state index contributed by atoms with van der Waals surface area (Å²) >= 11 is 0. The summed E-state index contributed by atoms with van der Waals surface area (Å²) in [5.41, 5.74) is 5.37. The van der Waals surface area contributed by atoms with E-state index < -0.39 is 48.6 Å². The van der Waals surface area contributed by atoms with E-state index in [9.17, 15) is 19.5 Å². The predicted octanol–water partition coefficient (Wildman–Crippen LogP) is -2.21. The van der Waals surface area contributed by atoms with Crippen molar-refractivity contribution >= 4 is 17.8 Å². The van der Waals surface area contributed by atoms with Crippen LogP contribution in [0.25, 0.3) is 0 Å². The van der Waals surface area contributed by atoms with Gasteiger partial charge in [0, 0.05) is 0 Å². The first-order valence-electron chi connectivity index (χ1n) is 6.98. The summed E-state index contributed by atoms with van der Waals surface area (Å²) in [5.74, 6) is -2.80. The van der Waals surface area contributed by atoms with Crippen molar-refractivity contribution in [1.29, 1.82) is 0 Å². The molecule has 22 heavy (non-hydrogen) atoms. The van der Waals surface area contributed by atoms with Crippen molar-refractivity contribution in [2.24, 2.45) is 11.7 Å². The van der Waals surface area contributed by atoms with Crippen LogP contribution >= 0.6 is 0 Å². The lowest BCUT2D eigenvalue weighted by Gasteiger charge is -2.24. The first-order valence-corrected chi connectivity index (χ1v) is 6.98. The monoisotopic (exact) mass is 319 g/mol. The number of aliphatic hydroxyl groups excluding tert-OH is 2. The number of carboxylic acids is 1. The lowest BCUT2D eigenvalue weighted by Crippen LogP contribution is -2.57. The Kier molecular flexibility index (Phi) is 8.61. The summed E-state index contributed by atoms with van der Waals surface area (Å²) in [7, 11) is 0. The molecule has 0 aromatic heterocycles. The van der Waals surface area contributed by atoms with Gasteiger partial charge in [0.1, 0.15) is 12.1 Å². The number of carbonyl (C=O) groups is 3. The molecule has 0 rings (SSSR count). The number of aliphatic carboxylic acids is 1. The molecule has 0 aliphatic rings. The van der Waals surface area contributed by atoms with Crippen molar-refractivity contribution in [3.8, 4) is 0 Å². The summed E-state index contributed by atoms with van der Waals surface area (Å²) in [6.07, 6.45) is -1.04. The van der Waals surface area contributed by atoms with Crippen molar-refractivity contribution in [2.75, 3.05) is 6.61 Å². The molecule has 0 radical (unpaired) electrons. The number of rotatable bonds is 9. The smallest absolute Gasteiger partial charge is 0.328 e. The zero-order chi connectivity index (χ0) is 17.4. The van der Waals surface area contributed by atoms with E-state index in [0.717, 1.165) is 0 Å². The van der Waals surface area contributed by atoms with Gasteiger partial charge in [-0.25, -0.2) is 4.79 Å². The van der Waals surface area contributed by atoms with E-state index in [4.69, 9.17) is 15.9 Å². The molecule has 0 aromatic carbocycles. The van der Waals surface area contributed by atoms with Gasteiger partial charge in [-0.3, -0.25) is 9.59 Å². The Morgan fingerprint density at radius 2 is 1.64 bits per heavy atom. The van der Waals surface area contributed by atoms with E-state index in [1.807, 2.05) is 13.8 Å². The maximum absolute atomic E-state index is 12.1. The first-order chi connectivity index (χ1) is 10.1. The second-order valence-electron chi connectivity index (χ2n) is 5.54. The fraction of sp³-hybridized carbons (Fsp3) is 0.769.